The molecule has 1 aliphatic rings. The van der Waals surface area contributed by atoms with Gasteiger partial charge in [0.15, 0.2) is 5.82 Å². The predicted octanol–water partition coefficient (Wildman–Crippen LogP) is 3.87. The van der Waals surface area contributed by atoms with Crippen LogP contribution in [-0.2, 0) is 19.5 Å². The van der Waals surface area contributed by atoms with Crippen molar-refractivity contribution in [3.63, 3.8) is 0 Å². The summed E-state index contributed by atoms with van der Waals surface area (Å²) in [4.78, 5) is 2.49. The van der Waals surface area contributed by atoms with Crippen LogP contribution >= 0.6 is 0 Å². The summed E-state index contributed by atoms with van der Waals surface area (Å²) in [7, 11) is 0. The summed E-state index contributed by atoms with van der Waals surface area (Å²) in [6.45, 7) is 2.54. The predicted molar refractivity (Wildman–Crippen MR) is 112 cm³/mol. The van der Waals surface area contributed by atoms with E-state index >= 15 is 0 Å². The fourth-order valence-corrected chi connectivity index (χ4v) is 4.17. The molecule has 4 aromatic rings. The molecular weight excluding hydrogens is 358 g/mol. The summed E-state index contributed by atoms with van der Waals surface area (Å²) in [5.74, 6) is 0.888. The molecule has 0 saturated carbocycles. The van der Waals surface area contributed by atoms with Crippen LogP contribution in [0.1, 0.15) is 34.1 Å². The van der Waals surface area contributed by atoms with Gasteiger partial charge in [-0.3, -0.25) is 4.90 Å². The van der Waals surface area contributed by atoms with E-state index in [9.17, 15) is 0 Å². The van der Waals surface area contributed by atoms with Crippen molar-refractivity contribution in [1.29, 1.82) is 0 Å². The first kappa shape index (κ1) is 17.8. The molecule has 2 heterocycles. The summed E-state index contributed by atoms with van der Waals surface area (Å²) in [5, 5.41) is 12.8. The highest BCUT2D eigenvalue weighted by molar-refractivity contribution is 5.32. The van der Waals surface area contributed by atoms with Crippen molar-refractivity contribution in [2.24, 2.45) is 0 Å². The molecule has 0 radical (unpaired) electrons. The molecule has 0 aliphatic carbocycles. The maximum atomic E-state index is 4.48. The molecule has 3 aromatic carbocycles. The zero-order valence-corrected chi connectivity index (χ0v) is 16.2. The average Bonchev–Trinajstić information content (AvgIpc) is 3.23. The van der Waals surface area contributed by atoms with E-state index in [1.165, 1.54) is 22.3 Å². The Balaban J connectivity index is 1.52. The molecule has 0 fully saturated rings. The molecule has 1 aromatic heterocycles. The quantitative estimate of drug-likeness (QED) is 0.527. The first-order valence-electron chi connectivity index (χ1n) is 10.0. The fourth-order valence-electron chi connectivity index (χ4n) is 4.17. The molecule has 0 bridgehead atoms. The fraction of sp³-hybridized carbons (Fsp3) is 0.208. The van der Waals surface area contributed by atoms with Gasteiger partial charge in [-0.2, -0.15) is 0 Å². The maximum absolute atomic E-state index is 4.48. The molecule has 5 nitrogen and oxygen atoms in total. The second-order valence-corrected chi connectivity index (χ2v) is 7.48. The number of tetrazole rings is 1. The Kier molecular flexibility index (Phi) is 4.88. The third-order valence-electron chi connectivity index (χ3n) is 5.62. The molecule has 0 saturated heterocycles. The van der Waals surface area contributed by atoms with Crippen molar-refractivity contribution in [2.45, 2.75) is 25.6 Å². The minimum atomic E-state index is 0.0169. The maximum Gasteiger partial charge on any atom is 0.173 e. The third kappa shape index (κ3) is 3.69. The zero-order valence-electron chi connectivity index (χ0n) is 16.2. The summed E-state index contributed by atoms with van der Waals surface area (Å²) in [5.41, 5.74) is 5.24. The molecule has 5 rings (SSSR count). The van der Waals surface area contributed by atoms with E-state index in [1.807, 2.05) is 10.7 Å². The lowest BCUT2D eigenvalue weighted by molar-refractivity contribution is 0.195. The van der Waals surface area contributed by atoms with Crippen LogP contribution in [0.2, 0.25) is 0 Å². The zero-order chi connectivity index (χ0) is 19.5. The minimum Gasteiger partial charge on any atom is -0.285 e. The molecule has 0 amide bonds. The Hall–Kier alpha value is -3.31. The Morgan fingerprint density at radius 3 is 2.28 bits per heavy atom. The molecule has 29 heavy (non-hydrogen) atoms. The van der Waals surface area contributed by atoms with Gasteiger partial charge in [0, 0.05) is 13.1 Å². The standard InChI is InChI=1S/C24H23N5/c1-3-9-19(10-4-1)17-29-24(25-26-27-29)23(21-12-5-2-6-13-21)28-16-15-20-11-7-8-14-22(20)18-28/h1-14,23H,15-18H2/t23-/m1/s1. The molecule has 1 atom stereocenters. The number of benzene rings is 3. The highest BCUT2D eigenvalue weighted by Gasteiger charge is 2.30. The van der Waals surface area contributed by atoms with Crippen molar-refractivity contribution >= 4 is 0 Å². The Morgan fingerprint density at radius 2 is 1.48 bits per heavy atom. The summed E-state index contributed by atoms with van der Waals surface area (Å²) < 4.78 is 1.94. The van der Waals surface area contributed by atoms with E-state index < -0.39 is 0 Å². The van der Waals surface area contributed by atoms with Crippen LogP contribution in [0.15, 0.2) is 84.9 Å². The molecule has 144 valence electrons. The Morgan fingerprint density at radius 1 is 0.793 bits per heavy atom. The first-order chi connectivity index (χ1) is 14.4. The van der Waals surface area contributed by atoms with Gasteiger partial charge in [0.25, 0.3) is 0 Å². The van der Waals surface area contributed by atoms with Gasteiger partial charge < -0.3 is 0 Å². The van der Waals surface area contributed by atoms with E-state index in [-0.39, 0.29) is 6.04 Å². The van der Waals surface area contributed by atoms with E-state index in [2.05, 4.69) is 99.3 Å². The van der Waals surface area contributed by atoms with Crippen LogP contribution in [0, 0.1) is 0 Å². The van der Waals surface area contributed by atoms with Crippen molar-refractivity contribution < 1.29 is 0 Å². The Labute approximate surface area is 170 Å². The topological polar surface area (TPSA) is 46.8 Å². The van der Waals surface area contributed by atoms with Gasteiger partial charge in [0.2, 0.25) is 0 Å². The summed E-state index contributed by atoms with van der Waals surface area (Å²) >= 11 is 0. The number of hydrogen-bond acceptors (Lipinski definition) is 4. The summed E-state index contributed by atoms with van der Waals surface area (Å²) in [6, 6.07) is 29.7. The van der Waals surface area contributed by atoms with Crippen LogP contribution in [-0.4, -0.2) is 31.7 Å². The van der Waals surface area contributed by atoms with Gasteiger partial charge in [-0.25, -0.2) is 4.68 Å². The van der Waals surface area contributed by atoms with E-state index in [0.29, 0.717) is 6.54 Å². The van der Waals surface area contributed by atoms with Crippen LogP contribution in [0.5, 0.6) is 0 Å². The number of rotatable bonds is 5. The largest absolute Gasteiger partial charge is 0.285 e. The molecule has 0 N–H and O–H groups in total. The van der Waals surface area contributed by atoms with Crippen molar-refractivity contribution in [1.82, 2.24) is 25.1 Å². The van der Waals surface area contributed by atoms with Gasteiger partial charge in [0.05, 0.1) is 12.6 Å². The lowest BCUT2D eigenvalue weighted by Gasteiger charge is -2.35. The number of hydrogen-bond donors (Lipinski definition) is 0. The van der Waals surface area contributed by atoms with Crippen molar-refractivity contribution in [3.05, 3.63) is 113 Å². The van der Waals surface area contributed by atoms with E-state index in [1.54, 1.807) is 0 Å². The van der Waals surface area contributed by atoms with Crippen LogP contribution in [0.3, 0.4) is 0 Å². The van der Waals surface area contributed by atoms with Gasteiger partial charge in [-0.1, -0.05) is 84.9 Å². The van der Waals surface area contributed by atoms with Crippen molar-refractivity contribution in [3.8, 4) is 0 Å². The number of nitrogens with zero attached hydrogens (tertiary/aromatic N) is 5. The monoisotopic (exact) mass is 381 g/mol. The second kappa shape index (κ2) is 7.97. The molecule has 5 heteroatoms. The summed E-state index contributed by atoms with van der Waals surface area (Å²) in [6.07, 6.45) is 1.04. The molecule has 1 aliphatic heterocycles. The van der Waals surface area contributed by atoms with Gasteiger partial charge in [-0.05, 0) is 39.1 Å². The lowest BCUT2D eigenvalue weighted by atomic mass is 9.96. The van der Waals surface area contributed by atoms with Gasteiger partial charge >= 0.3 is 0 Å². The second-order valence-electron chi connectivity index (χ2n) is 7.48. The Bertz CT molecular complexity index is 1070. The van der Waals surface area contributed by atoms with Gasteiger partial charge in [-0.15, -0.1) is 5.10 Å². The highest BCUT2D eigenvalue weighted by atomic mass is 15.5. The van der Waals surface area contributed by atoms with Crippen LogP contribution in [0.4, 0.5) is 0 Å². The van der Waals surface area contributed by atoms with E-state index in [4.69, 9.17) is 0 Å². The molecular formula is C24H23N5. The highest BCUT2D eigenvalue weighted by Crippen LogP contribution is 2.32. The normalized spacial score (nSPS) is 15.0. The molecule has 0 unspecified atom stereocenters. The number of aromatic nitrogens is 4. The van der Waals surface area contributed by atoms with Crippen LogP contribution < -0.4 is 0 Å². The van der Waals surface area contributed by atoms with Crippen LogP contribution in [0.25, 0.3) is 0 Å². The SMILES string of the molecule is c1ccc(Cn2nnnc2[C@@H](c2ccccc2)N2CCc3ccccc3C2)cc1. The van der Waals surface area contributed by atoms with Crippen molar-refractivity contribution in [2.75, 3.05) is 6.54 Å². The van der Waals surface area contributed by atoms with E-state index in [0.717, 1.165) is 25.3 Å². The lowest BCUT2D eigenvalue weighted by Crippen LogP contribution is -2.36. The first-order valence-corrected chi connectivity index (χ1v) is 10.0. The average molecular weight is 381 g/mol. The number of fused-ring (bicyclic) bond motifs is 1. The smallest absolute Gasteiger partial charge is 0.173 e. The molecule has 0 spiro atoms. The minimum absolute atomic E-state index is 0.0169. The van der Waals surface area contributed by atoms with Gasteiger partial charge in [0.1, 0.15) is 0 Å². The third-order valence-corrected chi connectivity index (χ3v) is 5.62.